The number of fused-ring (bicyclic) bond motifs is 1. The van der Waals surface area contributed by atoms with Crippen molar-refractivity contribution in [3.05, 3.63) is 158 Å². The fraction of sp³-hybridized carbons (Fsp3) is 0. The molecule has 2 nitrogen and oxygen atoms in total. The second-order valence-electron chi connectivity index (χ2n) is 9.21. The Hall–Kier alpha value is -3.96. The molecule has 184 valence electrons. The molecule has 38 heavy (non-hydrogen) atoms. The normalized spacial score (nSPS) is 11.9. The quantitative estimate of drug-likeness (QED) is 0.244. The molecule has 6 aromatic rings. The van der Waals surface area contributed by atoms with E-state index in [1.54, 1.807) is 0 Å². The van der Waals surface area contributed by atoms with E-state index in [-0.39, 0.29) is 0 Å². The summed E-state index contributed by atoms with van der Waals surface area (Å²) in [6.45, 7) is 0. The van der Waals surface area contributed by atoms with Crippen molar-refractivity contribution in [2.45, 2.75) is 0 Å². The summed E-state index contributed by atoms with van der Waals surface area (Å²) < 4.78 is 31.0. The molecule has 0 saturated carbocycles. The molecule has 0 N–H and O–H groups in total. The van der Waals surface area contributed by atoms with Gasteiger partial charge in [-0.3, -0.25) is 0 Å². The number of hydrogen-bond donors (Lipinski definition) is 0. The van der Waals surface area contributed by atoms with Crippen LogP contribution in [-0.2, 0) is 9.13 Å². The van der Waals surface area contributed by atoms with Crippen LogP contribution in [0.3, 0.4) is 0 Å². The minimum Gasteiger partial charge on any atom is -0.309 e. The molecule has 6 rings (SSSR count). The summed E-state index contributed by atoms with van der Waals surface area (Å²) in [4.78, 5) is 0. The molecule has 0 atom stereocenters. The van der Waals surface area contributed by atoms with Crippen LogP contribution in [0.4, 0.5) is 0 Å². The predicted octanol–water partition coefficient (Wildman–Crippen LogP) is 6.12. The van der Waals surface area contributed by atoms with Crippen molar-refractivity contribution in [1.29, 1.82) is 0 Å². The van der Waals surface area contributed by atoms with Gasteiger partial charge in [-0.05, 0) is 5.39 Å². The summed E-state index contributed by atoms with van der Waals surface area (Å²) in [6.07, 6.45) is 0. The van der Waals surface area contributed by atoms with Gasteiger partial charge in [-0.15, -0.1) is 0 Å². The number of rotatable bonds is 6. The van der Waals surface area contributed by atoms with Crippen LogP contribution in [0.25, 0.3) is 10.8 Å². The third-order valence-electron chi connectivity index (χ3n) is 7.02. The third-order valence-corrected chi connectivity index (χ3v) is 13.2. The third kappa shape index (κ3) is 3.98. The van der Waals surface area contributed by atoms with Gasteiger partial charge in [-0.1, -0.05) is 158 Å². The van der Waals surface area contributed by atoms with Gasteiger partial charge < -0.3 is 9.13 Å². The Balaban J connectivity index is 1.76. The lowest BCUT2D eigenvalue weighted by molar-refractivity contribution is 0.592. The molecule has 0 aliphatic heterocycles. The van der Waals surface area contributed by atoms with Crippen LogP contribution in [0.2, 0.25) is 0 Å². The van der Waals surface area contributed by atoms with Crippen LogP contribution < -0.4 is 31.8 Å². The minimum atomic E-state index is -3.32. The van der Waals surface area contributed by atoms with Crippen molar-refractivity contribution < 1.29 is 9.13 Å². The molecular weight excluding hydrogens is 502 g/mol. The molecule has 0 unspecified atom stereocenters. The molecule has 0 saturated heterocycles. The van der Waals surface area contributed by atoms with Gasteiger partial charge in [0.05, 0.1) is 0 Å². The average Bonchev–Trinajstić information content (AvgIpc) is 3.01. The van der Waals surface area contributed by atoms with Crippen molar-refractivity contribution in [2.24, 2.45) is 0 Å². The topological polar surface area (TPSA) is 34.1 Å². The zero-order valence-corrected chi connectivity index (χ0v) is 22.5. The molecule has 0 amide bonds. The lowest BCUT2D eigenvalue weighted by atomic mass is 10.1. The summed E-state index contributed by atoms with van der Waals surface area (Å²) in [7, 11) is -6.65. The summed E-state index contributed by atoms with van der Waals surface area (Å²) in [5.74, 6) is 0. The smallest absolute Gasteiger partial charge is 0.171 e. The van der Waals surface area contributed by atoms with Gasteiger partial charge in [-0.2, -0.15) is 0 Å². The highest BCUT2D eigenvalue weighted by atomic mass is 31.2. The van der Waals surface area contributed by atoms with E-state index in [1.807, 2.05) is 158 Å². The molecule has 6 aromatic carbocycles. The first-order valence-corrected chi connectivity index (χ1v) is 16.0. The second-order valence-corrected chi connectivity index (χ2v) is 14.7. The van der Waals surface area contributed by atoms with E-state index in [1.165, 1.54) is 0 Å². The molecule has 0 spiro atoms. The minimum absolute atomic E-state index is 0.704. The highest BCUT2D eigenvalue weighted by molar-refractivity contribution is 7.87. The van der Waals surface area contributed by atoms with Gasteiger partial charge in [0.1, 0.15) is 0 Å². The molecule has 0 bridgehead atoms. The molecule has 0 fully saturated rings. The Bertz CT molecular complexity index is 1580. The van der Waals surface area contributed by atoms with Crippen LogP contribution in [0, 0.1) is 0 Å². The van der Waals surface area contributed by atoms with E-state index in [0.29, 0.717) is 10.6 Å². The monoisotopic (exact) mass is 528 g/mol. The molecule has 0 aliphatic rings. The van der Waals surface area contributed by atoms with Gasteiger partial charge in [0, 0.05) is 37.2 Å². The van der Waals surface area contributed by atoms with Crippen molar-refractivity contribution in [1.82, 2.24) is 0 Å². The van der Waals surface area contributed by atoms with E-state index in [9.17, 15) is 0 Å². The first-order valence-electron chi connectivity index (χ1n) is 12.6. The average molecular weight is 529 g/mol. The molecule has 0 heterocycles. The number of benzene rings is 6. The van der Waals surface area contributed by atoms with E-state index < -0.39 is 14.3 Å². The lowest BCUT2D eigenvalue weighted by Crippen LogP contribution is -2.31. The van der Waals surface area contributed by atoms with Crippen LogP contribution in [-0.4, -0.2) is 0 Å². The van der Waals surface area contributed by atoms with E-state index in [0.717, 1.165) is 32.0 Å². The fourth-order valence-corrected chi connectivity index (χ4v) is 11.1. The number of hydrogen-bond acceptors (Lipinski definition) is 2. The van der Waals surface area contributed by atoms with E-state index in [2.05, 4.69) is 0 Å². The molecular formula is C34H26O2P2. The zero-order chi connectivity index (χ0) is 26.0. The van der Waals surface area contributed by atoms with Crippen LogP contribution in [0.15, 0.2) is 158 Å². The highest BCUT2D eigenvalue weighted by Crippen LogP contribution is 2.48. The van der Waals surface area contributed by atoms with Crippen molar-refractivity contribution in [3.8, 4) is 0 Å². The maximum absolute atomic E-state index is 15.5. The first-order chi connectivity index (χ1) is 18.6. The van der Waals surface area contributed by atoms with Crippen LogP contribution in [0.5, 0.6) is 0 Å². The SMILES string of the molecule is O=P(c1ccccc1)(c1ccccc1)c1cccc2cccc(P(=O)(c3ccccc3)c3ccccc3)c12. The van der Waals surface area contributed by atoms with Crippen LogP contribution >= 0.6 is 14.3 Å². The van der Waals surface area contributed by atoms with Gasteiger partial charge in [0.2, 0.25) is 0 Å². The maximum Gasteiger partial charge on any atom is 0.171 e. The summed E-state index contributed by atoms with van der Waals surface area (Å²) in [5.41, 5.74) is 0. The Morgan fingerprint density at radius 1 is 0.316 bits per heavy atom. The van der Waals surface area contributed by atoms with Crippen molar-refractivity contribution in [3.63, 3.8) is 0 Å². The molecule has 0 aromatic heterocycles. The largest absolute Gasteiger partial charge is 0.309 e. The van der Waals surface area contributed by atoms with Gasteiger partial charge in [0.15, 0.2) is 14.3 Å². The standard InChI is InChI=1S/C34H26O2P2/c35-37(28-17-5-1-6-18-28,29-19-7-2-8-20-29)32-25-13-15-27-16-14-26-33(34(27)32)38(36,30-21-9-3-10-22-30)31-23-11-4-12-24-31/h1-26H. The van der Waals surface area contributed by atoms with E-state index in [4.69, 9.17) is 0 Å². The van der Waals surface area contributed by atoms with E-state index >= 15 is 9.13 Å². The Morgan fingerprint density at radius 2 is 0.605 bits per heavy atom. The lowest BCUT2D eigenvalue weighted by Gasteiger charge is -2.26. The summed E-state index contributed by atoms with van der Waals surface area (Å²) >= 11 is 0. The molecule has 0 radical (unpaired) electrons. The summed E-state index contributed by atoms with van der Waals surface area (Å²) in [5, 5.41) is 6.13. The second kappa shape index (κ2) is 10.1. The van der Waals surface area contributed by atoms with Gasteiger partial charge >= 0.3 is 0 Å². The first kappa shape index (κ1) is 24.4. The highest BCUT2D eigenvalue weighted by Gasteiger charge is 2.36. The molecule has 4 heteroatoms. The Labute approximate surface area is 223 Å². The summed E-state index contributed by atoms with van der Waals surface area (Å²) in [6, 6.07) is 50.5. The van der Waals surface area contributed by atoms with Crippen molar-refractivity contribution in [2.75, 3.05) is 0 Å². The Morgan fingerprint density at radius 3 is 0.895 bits per heavy atom. The fourth-order valence-electron chi connectivity index (χ4n) is 5.23. The predicted molar refractivity (Wildman–Crippen MR) is 163 cm³/mol. The van der Waals surface area contributed by atoms with Gasteiger partial charge in [0.25, 0.3) is 0 Å². The maximum atomic E-state index is 15.5. The Kier molecular flexibility index (Phi) is 6.46. The molecule has 0 aliphatic carbocycles. The zero-order valence-electron chi connectivity index (χ0n) is 20.7. The van der Waals surface area contributed by atoms with Gasteiger partial charge in [-0.25, -0.2) is 0 Å². The van der Waals surface area contributed by atoms with Crippen molar-refractivity contribution >= 4 is 56.9 Å². The van der Waals surface area contributed by atoms with Crippen LogP contribution in [0.1, 0.15) is 0 Å².